The Kier molecular flexibility index (Phi) is 4.55. The van der Waals surface area contributed by atoms with Crippen molar-refractivity contribution in [3.63, 3.8) is 0 Å². The van der Waals surface area contributed by atoms with Crippen molar-refractivity contribution in [2.24, 2.45) is 0 Å². The Balaban J connectivity index is 1.55. The molecule has 2 N–H and O–H groups in total. The van der Waals surface area contributed by atoms with Crippen LogP contribution in [0.3, 0.4) is 0 Å². The zero-order valence-electron chi connectivity index (χ0n) is 13.0. The third kappa shape index (κ3) is 3.43. The van der Waals surface area contributed by atoms with E-state index >= 15 is 0 Å². The molecule has 1 aromatic carbocycles. The van der Waals surface area contributed by atoms with Crippen molar-refractivity contribution in [2.45, 2.75) is 0 Å². The van der Waals surface area contributed by atoms with Crippen LogP contribution in [0.4, 0.5) is 5.82 Å². The second kappa shape index (κ2) is 6.95. The van der Waals surface area contributed by atoms with Crippen LogP contribution in [0.25, 0.3) is 6.08 Å². The molecule has 0 unspecified atom stereocenters. The second-order valence-corrected chi connectivity index (χ2v) is 5.36. The van der Waals surface area contributed by atoms with E-state index in [0.717, 1.165) is 5.56 Å². The van der Waals surface area contributed by atoms with Gasteiger partial charge in [0.2, 0.25) is 17.4 Å². The summed E-state index contributed by atoms with van der Waals surface area (Å²) in [6.45, 7) is 1.73. The highest BCUT2D eigenvalue weighted by atomic mass is 16.6. The molecule has 1 aromatic heterocycles. The Hall–Kier alpha value is -3.16. The second-order valence-electron chi connectivity index (χ2n) is 5.36. The van der Waals surface area contributed by atoms with E-state index in [9.17, 15) is 9.59 Å². The van der Waals surface area contributed by atoms with Gasteiger partial charge in [-0.1, -0.05) is 30.3 Å². The molecule has 0 saturated carbocycles. The molecule has 0 atom stereocenters. The largest absolute Gasteiger partial charge is 0.379 e. The van der Waals surface area contributed by atoms with Crippen LogP contribution in [0.1, 0.15) is 16.1 Å². The molecule has 124 valence electrons. The quantitative estimate of drug-likeness (QED) is 0.830. The van der Waals surface area contributed by atoms with Crippen molar-refractivity contribution in [2.75, 3.05) is 31.9 Å². The molecule has 0 bridgehead atoms. The number of hydrogen-bond acceptors (Lipinski definition) is 6. The minimum absolute atomic E-state index is 0.0127. The Morgan fingerprint density at radius 1 is 1.04 bits per heavy atom. The molecule has 0 radical (unpaired) electrons. The van der Waals surface area contributed by atoms with E-state index in [2.05, 4.69) is 14.9 Å². The zero-order valence-corrected chi connectivity index (χ0v) is 13.0. The molecule has 2 aromatic rings. The van der Waals surface area contributed by atoms with Gasteiger partial charge >= 0.3 is 0 Å². The standard InChI is InChI=1S/C16H17N5O3/c17-15-14(18-24-19-15)16(23)21-10-8-20(9-11-21)13(22)7-6-12-4-2-1-3-5-12/h1-7H,8-11H2,(H2,17,19)/b7-6+. The van der Waals surface area contributed by atoms with Gasteiger partial charge < -0.3 is 15.5 Å². The third-order valence-corrected chi connectivity index (χ3v) is 3.81. The van der Waals surface area contributed by atoms with Crippen molar-refractivity contribution >= 4 is 23.7 Å². The lowest BCUT2D eigenvalue weighted by molar-refractivity contribution is -0.127. The number of amides is 2. The monoisotopic (exact) mass is 327 g/mol. The zero-order chi connectivity index (χ0) is 16.9. The van der Waals surface area contributed by atoms with Gasteiger partial charge in [0.25, 0.3) is 5.91 Å². The lowest BCUT2D eigenvalue weighted by Crippen LogP contribution is -2.50. The van der Waals surface area contributed by atoms with E-state index < -0.39 is 0 Å². The van der Waals surface area contributed by atoms with Crippen LogP contribution in [-0.4, -0.2) is 58.1 Å². The van der Waals surface area contributed by atoms with Crippen LogP contribution in [0.15, 0.2) is 41.0 Å². The fourth-order valence-electron chi connectivity index (χ4n) is 2.46. The summed E-state index contributed by atoms with van der Waals surface area (Å²) in [5, 5.41) is 6.91. The first kappa shape index (κ1) is 15.7. The molecule has 2 heterocycles. The number of anilines is 1. The number of piperazine rings is 1. The van der Waals surface area contributed by atoms with E-state index in [1.807, 2.05) is 30.3 Å². The lowest BCUT2D eigenvalue weighted by atomic mass is 10.2. The van der Waals surface area contributed by atoms with Crippen molar-refractivity contribution in [3.8, 4) is 0 Å². The van der Waals surface area contributed by atoms with Crippen LogP contribution in [-0.2, 0) is 4.79 Å². The van der Waals surface area contributed by atoms with Gasteiger partial charge in [-0.15, -0.1) is 0 Å². The molecule has 24 heavy (non-hydrogen) atoms. The number of nitrogens with zero attached hydrogens (tertiary/aromatic N) is 4. The van der Waals surface area contributed by atoms with Crippen molar-refractivity contribution in [1.29, 1.82) is 0 Å². The summed E-state index contributed by atoms with van der Waals surface area (Å²) in [6.07, 6.45) is 3.33. The Morgan fingerprint density at radius 3 is 2.33 bits per heavy atom. The maximum Gasteiger partial charge on any atom is 0.280 e. The van der Waals surface area contributed by atoms with Crippen molar-refractivity contribution < 1.29 is 14.2 Å². The van der Waals surface area contributed by atoms with Gasteiger partial charge in [-0.05, 0) is 22.0 Å². The predicted octanol–water partition coefficient (Wildman–Crippen LogP) is 0.650. The van der Waals surface area contributed by atoms with Crippen LogP contribution in [0, 0.1) is 0 Å². The molecule has 8 heteroatoms. The minimum atomic E-state index is -0.333. The fourth-order valence-corrected chi connectivity index (χ4v) is 2.46. The first-order valence-electron chi connectivity index (χ1n) is 7.54. The van der Waals surface area contributed by atoms with Crippen LogP contribution in [0.2, 0.25) is 0 Å². The van der Waals surface area contributed by atoms with Crippen molar-refractivity contribution in [1.82, 2.24) is 20.1 Å². The number of rotatable bonds is 3. The average Bonchev–Trinajstić information content (AvgIpc) is 3.06. The third-order valence-electron chi connectivity index (χ3n) is 3.81. The molecular formula is C16H17N5O3. The van der Waals surface area contributed by atoms with Gasteiger partial charge in [0.05, 0.1) is 0 Å². The highest BCUT2D eigenvalue weighted by molar-refractivity contribution is 5.96. The molecule has 0 aliphatic carbocycles. The number of aromatic nitrogens is 2. The fraction of sp³-hybridized carbons (Fsp3) is 0.250. The molecule has 1 aliphatic rings. The minimum Gasteiger partial charge on any atom is -0.379 e. The maximum atomic E-state index is 12.2. The number of carbonyl (C=O) groups is 2. The van der Waals surface area contributed by atoms with E-state index in [1.54, 1.807) is 22.0 Å². The maximum absolute atomic E-state index is 12.2. The predicted molar refractivity (Wildman–Crippen MR) is 86.7 cm³/mol. The summed E-state index contributed by atoms with van der Waals surface area (Å²) in [6, 6.07) is 9.61. The van der Waals surface area contributed by atoms with Gasteiger partial charge in [-0.2, -0.15) is 0 Å². The van der Waals surface area contributed by atoms with Crippen LogP contribution < -0.4 is 5.73 Å². The van der Waals surface area contributed by atoms with E-state index in [1.165, 1.54) is 0 Å². The smallest absolute Gasteiger partial charge is 0.280 e. The highest BCUT2D eigenvalue weighted by Gasteiger charge is 2.27. The molecule has 1 fully saturated rings. The number of nitrogen functional groups attached to an aromatic ring is 1. The lowest BCUT2D eigenvalue weighted by Gasteiger charge is -2.33. The SMILES string of the molecule is Nc1nonc1C(=O)N1CCN(C(=O)/C=C/c2ccccc2)CC1. The summed E-state index contributed by atoms with van der Waals surface area (Å²) < 4.78 is 4.44. The summed E-state index contributed by atoms with van der Waals surface area (Å²) in [5.74, 6) is -0.432. The molecule has 0 spiro atoms. The first-order valence-corrected chi connectivity index (χ1v) is 7.54. The van der Waals surface area contributed by atoms with Crippen LogP contribution >= 0.6 is 0 Å². The van der Waals surface area contributed by atoms with E-state index in [-0.39, 0.29) is 23.3 Å². The van der Waals surface area contributed by atoms with Crippen LogP contribution in [0.5, 0.6) is 0 Å². The topological polar surface area (TPSA) is 106 Å². The first-order chi connectivity index (χ1) is 11.6. The summed E-state index contributed by atoms with van der Waals surface area (Å²) in [7, 11) is 0. The average molecular weight is 327 g/mol. The molecule has 1 aliphatic heterocycles. The summed E-state index contributed by atoms with van der Waals surface area (Å²) >= 11 is 0. The summed E-state index contributed by atoms with van der Waals surface area (Å²) in [5.41, 5.74) is 6.51. The van der Waals surface area contributed by atoms with Gasteiger partial charge in [-0.25, -0.2) is 4.63 Å². The molecule has 8 nitrogen and oxygen atoms in total. The number of nitrogens with two attached hydrogens (primary N) is 1. The Bertz CT molecular complexity index is 748. The number of hydrogen-bond donors (Lipinski definition) is 1. The molecule has 3 rings (SSSR count). The molecular weight excluding hydrogens is 310 g/mol. The van der Waals surface area contributed by atoms with Gasteiger partial charge in [0.1, 0.15) is 0 Å². The highest BCUT2D eigenvalue weighted by Crippen LogP contribution is 2.12. The summed E-state index contributed by atoms with van der Waals surface area (Å²) in [4.78, 5) is 27.7. The van der Waals surface area contributed by atoms with E-state index in [4.69, 9.17) is 5.73 Å². The molecule has 1 saturated heterocycles. The van der Waals surface area contributed by atoms with E-state index in [0.29, 0.717) is 26.2 Å². The number of carbonyl (C=O) groups excluding carboxylic acids is 2. The van der Waals surface area contributed by atoms with Gasteiger partial charge in [0.15, 0.2) is 0 Å². The van der Waals surface area contributed by atoms with Crippen molar-refractivity contribution in [3.05, 3.63) is 47.7 Å². The van der Waals surface area contributed by atoms with Gasteiger partial charge in [-0.3, -0.25) is 9.59 Å². The molecule has 2 amide bonds. The Morgan fingerprint density at radius 2 is 1.71 bits per heavy atom. The Labute approximate surface area is 138 Å². The normalized spacial score (nSPS) is 15.0. The van der Waals surface area contributed by atoms with Gasteiger partial charge in [0, 0.05) is 32.3 Å². The number of benzene rings is 1.